The molecule has 0 radical (unpaired) electrons. The number of esters is 1. The molecular weight excluding hydrogens is 226 g/mol. The zero-order chi connectivity index (χ0) is 13.5. The molecule has 0 bridgehead atoms. The summed E-state index contributed by atoms with van der Waals surface area (Å²) in [5, 5.41) is 3.24. The second kappa shape index (κ2) is 7.37. The van der Waals surface area contributed by atoms with Crippen LogP contribution in [0.4, 0.5) is 0 Å². The smallest absolute Gasteiger partial charge is 0.323 e. The van der Waals surface area contributed by atoms with Crippen LogP contribution in [0.15, 0.2) is 24.3 Å². The second-order valence-corrected chi connectivity index (χ2v) is 5.12. The van der Waals surface area contributed by atoms with Crippen LogP contribution in [0.5, 0.6) is 0 Å². The molecule has 3 nitrogen and oxygen atoms in total. The normalized spacial score (nSPS) is 25.2. The molecule has 18 heavy (non-hydrogen) atoms. The molecule has 3 unspecified atom stereocenters. The van der Waals surface area contributed by atoms with Crippen molar-refractivity contribution in [3.8, 4) is 0 Å². The molecule has 0 heterocycles. The third-order valence-corrected chi connectivity index (χ3v) is 3.32. The van der Waals surface area contributed by atoms with Gasteiger partial charge in [-0.3, -0.25) is 4.79 Å². The van der Waals surface area contributed by atoms with Gasteiger partial charge in [0.25, 0.3) is 0 Å². The van der Waals surface area contributed by atoms with Gasteiger partial charge < -0.3 is 10.1 Å². The van der Waals surface area contributed by atoms with Crippen molar-refractivity contribution < 1.29 is 9.53 Å². The van der Waals surface area contributed by atoms with E-state index in [0.29, 0.717) is 25.0 Å². The summed E-state index contributed by atoms with van der Waals surface area (Å²) >= 11 is 0. The molecule has 0 aliphatic heterocycles. The number of nitrogens with one attached hydrogen (secondary N) is 1. The molecule has 0 aromatic heterocycles. The van der Waals surface area contributed by atoms with Crippen LogP contribution in [-0.4, -0.2) is 25.2 Å². The number of carbonyl (C=O) groups is 1. The second-order valence-electron chi connectivity index (χ2n) is 5.12. The highest BCUT2D eigenvalue weighted by atomic mass is 16.5. The minimum atomic E-state index is -0.214. The van der Waals surface area contributed by atoms with Gasteiger partial charge in [-0.25, -0.2) is 0 Å². The lowest BCUT2D eigenvalue weighted by Crippen LogP contribution is -2.45. The van der Waals surface area contributed by atoms with Crippen LogP contribution in [-0.2, 0) is 9.53 Å². The van der Waals surface area contributed by atoms with E-state index in [9.17, 15) is 4.79 Å². The number of ether oxygens (including phenoxy) is 1. The fourth-order valence-corrected chi connectivity index (χ4v) is 2.73. The van der Waals surface area contributed by atoms with Gasteiger partial charge in [-0.15, -0.1) is 6.58 Å². The van der Waals surface area contributed by atoms with Gasteiger partial charge in [-0.1, -0.05) is 24.6 Å². The molecule has 102 valence electrons. The molecule has 0 spiro atoms. The summed E-state index contributed by atoms with van der Waals surface area (Å²) in [5.74, 6) is 0.724. The molecule has 1 aliphatic carbocycles. The van der Waals surface area contributed by atoms with E-state index in [-0.39, 0.29) is 12.0 Å². The van der Waals surface area contributed by atoms with Crippen LogP contribution in [0.2, 0.25) is 0 Å². The maximum Gasteiger partial charge on any atom is 0.323 e. The Kier molecular flexibility index (Phi) is 6.13. The van der Waals surface area contributed by atoms with Crippen LogP contribution in [0.3, 0.4) is 0 Å². The van der Waals surface area contributed by atoms with E-state index >= 15 is 0 Å². The highest BCUT2D eigenvalue weighted by Gasteiger charge is 2.31. The van der Waals surface area contributed by atoms with Gasteiger partial charge >= 0.3 is 5.97 Å². The molecular formula is C15H25NO2. The Morgan fingerprint density at radius 1 is 1.72 bits per heavy atom. The highest BCUT2D eigenvalue weighted by molar-refractivity contribution is 5.76. The molecule has 1 aliphatic rings. The molecule has 0 aromatic rings. The third-order valence-electron chi connectivity index (χ3n) is 3.32. The molecule has 0 saturated carbocycles. The largest absolute Gasteiger partial charge is 0.465 e. The quantitative estimate of drug-likeness (QED) is 0.582. The minimum absolute atomic E-state index is 0.133. The van der Waals surface area contributed by atoms with E-state index in [1.807, 2.05) is 6.92 Å². The van der Waals surface area contributed by atoms with Crippen molar-refractivity contribution in [1.29, 1.82) is 0 Å². The van der Waals surface area contributed by atoms with E-state index in [0.717, 1.165) is 12.8 Å². The van der Waals surface area contributed by atoms with Crippen LogP contribution < -0.4 is 5.32 Å². The predicted molar refractivity (Wildman–Crippen MR) is 74.3 cm³/mol. The topological polar surface area (TPSA) is 38.3 Å². The van der Waals surface area contributed by atoms with E-state index in [4.69, 9.17) is 4.74 Å². The van der Waals surface area contributed by atoms with Crippen molar-refractivity contribution in [2.45, 2.75) is 39.7 Å². The Balaban J connectivity index is 2.72. The first-order valence-electron chi connectivity index (χ1n) is 6.76. The number of allylic oxidation sites excluding steroid dienone is 2. The molecule has 1 N–H and O–H groups in total. The lowest BCUT2D eigenvalue weighted by atomic mass is 9.79. The maximum absolute atomic E-state index is 12.0. The first-order chi connectivity index (χ1) is 8.58. The fourth-order valence-electron chi connectivity index (χ4n) is 2.73. The Labute approximate surface area is 110 Å². The average Bonchev–Trinajstić information content (AvgIpc) is 2.28. The Morgan fingerprint density at radius 2 is 2.44 bits per heavy atom. The summed E-state index contributed by atoms with van der Waals surface area (Å²) < 4.78 is 5.17. The predicted octanol–water partition coefficient (Wildman–Crippen LogP) is 2.69. The van der Waals surface area contributed by atoms with Crippen LogP contribution in [0.1, 0.15) is 33.6 Å². The van der Waals surface area contributed by atoms with Crippen LogP contribution in [0.25, 0.3) is 0 Å². The standard InChI is InChI=1S/C15H25NO2/c1-5-7-16-14(15(17)18-6-2)13-9-11(3)8-12(4)10-13/h5,8,11,13-14,16H,1,6-7,9-10H2,2-4H3. The van der Waals surface area contributed by atoms with Gasteiger partial charge in [0.15, 0.2) is 0 Å². The zero-order valence-electron chi connectivity index (χ0n) is 11.7. The molecule has 0 aromatic carbocycles. The highest BCUT2D eigenvalue weighted by Crippen LogP contribution is 2.30. The minimum Gasteiger partial charge on any atom is -0.465 e. The summed E-state index contributed by atoms with van der Waals surface area (Å²) in [6.45, 7) is 10.9. The van der Waals surface area contributed by atoms with Crippen molar-refractivity contribution in [3.05, 3.63) is 24.3 Å². The van der Waals surface area contributed by atoms with Crippen molar-refractivity contribution in [2.75, 3.05) is 13.2 Å². The third kappa shape index (κ3) is 4.30. The maximum atomic E-state index is 12.0. The van der Waals surface area contributed by atoms with Gasteiger partial charge in [-0.2, -0.15) is 0 Å². The fraction of sp³-hybridized carbons (Fsp3) is 0.667. The van der Waals surface area contributed by atoms with Gasteiger partial charge in [0.2, 0.25) is 0 Å². The summed E-state index contributed by atoms with van der Waals surface area (Å²) in [6.07, 6.45) is 6.08. The number of hydrogen-bond donors (Lipinski definition) is 1. The lowest BCUT2D eigenvalue weighted by molar-refractivity contribution is -0.147. The molecule has 0 fully saturated rings. The van der Waals surface area contributed by atoms with E-state index in [1.54, 1.807) is 6.08 Å². The van der Waals surface area contributed by atoms with Crippen molar-refractivity contribution in [1.82, 2.24) is 5.32 Å². The Morgan fingerprint density at radius 3 is 3.00 bits per heavy atom. The Hall–Kier alpha value is -1.09. The zero-order valence-corrected chi connectivity index (χ0v) is 11.7. The first kappa shape index (κ1) is 15.0. The van der Waals surface area contributed by atoms with Crippen molar-refractivity contribution in [3.63, 3.8) is 0 Å². The van der Waals surface area contributed by atoms with Gasteiger partial charge in [-0.05, 0) is 38.5 Å². The molecule has 3 atom stereocenters. The Bertz CT molecular complexity index is 322. The van der Waals surface area contributed by atoms with Crippen molar-refractivity contribution >= 4 is 5.97 Å². The van der Waals surface area contributed by atoms with Crippen LogP contribution in [0, 0.1) is 11.8 Å². The summed E-state index contributed by atoms with van der Waals surface area (Å²) in [5.41, 5.74) is 1.37. The monoisotopic (exact) mass is 251 g/mol. The molecule has 0 amide bonds. The lowest BCUT2D eigenvalue weighted by Gasteiger charge is -2.31. The number of hydrogen-bond acceptors (Lipinski definition) is 3. The molecule has 0 saturated heterocycles. The van der Waals surface area contributed by atoms with E-state index in [2.05, 4.69) is 31.8 Å². The molecule has 3 heteroatoms. The number of carbonyl (C=O) groups excluding carboxylic acids is 1. The van der Waals surface area contributed by atoms with E-state index in [1.165, 1.54) is 5.57 Å². The SMILES string of the molecule is C=CCNC(C(=O)OCC)C1CC(C)=CC(C)C1. The summed E-state index contributed by atoms with van der Waals surface area (Å²) in [4.78, 5) is 12.0. The van der Waals surface area contributed by atoms with Crippen LogP contribution >= 0.6 is 0 Å². The average molecular weight is 251 g/mol. The van der Waals surface area contributed by atoms with Gasteiger partial charge in [0.1, 0.15) is 6.04 Å². The number of rotatable bonds is 6. The molecule has 1 rings (SSSR count). The van der Waals surface area contributed by atoms with E-state index < -0.39 is 0 Å². The van der Waals surface area contributed by atoms with Crippen molar-refractivity contribution in [2.24, 2.45) is 11.8 Å². The summed E-state index contributed by atoms with van der Waals surface area (Å²) in [6, 6.07) is -0.214. The summed E-state index contributed by atoms with van der Waals surface area (Å²) in [7, 11) is 0. The first-order valence-corrected chi connectivity index (χ1v) is 6.76. The van der Waals surface area contributed by atoms with Gasteiger partial charge in [0, 0.05) is 6.54 Å². The van der Waals surface area contributed by atoms with Gasteiger partial charge in [0.05, 0.1) is 6.61 Å².